The monoisotopic (exact) mass is 393 g/mol. The summed E-state index contributed by atoms with van der Waals surface area (Å²) in [7, 11) is -4.30. The van der Waals surface area contributed by atoms with Crippen molar-refractivity contribution in [2.24, 2.45) is 0 Å². The molecule has 9 heteroatoms. The topological polar surface area (TPSA) is 46.6 Å². The molecule has 1 aromatic carbocycles. The second-order valence-corrected chi connectivity index (χ2v) is 8.10. The number of aryl methyl sites for hydroxylation is 1. The highest BCUT2D eigenvalue weighted by atomic mass is 32.2. The molecular weight excluding hydrogens is 375 g/mol. The lowest BCUT2D eigenvalue weighted by Crippen LogP contribution is -2.38. The van der Waals surface area contributed by atoms with E-state index in [1.807, 2.05) is 0 Å². The van der Waals surface area contributed by atoms with Crippen LogP contribution in [0.3, 0.4) is 0 Å². The molecule has 0 saturated heterocycles. The Labute approximate surface area is 148 Å². The van der Waals surface area contributed by atoms with E-state index in [1.165, 1.54) is 29.5 Å². The predicted octanol–water partition coefficient (Wildman–Crippen LogP) is 4.21. The van der Waals surface area contributed by atoms with Gasteiger partial charge in [0, 0.05) is 6.54 Å². The lowest BCUT2D eigenvalue weighted by molar-refractivity contribution is -0.136. The quantitative estimate of drug-likeness (QED) is 0.708. The Morgan fingerprint density at radius 3 is 2.48 bits per heavy atom. The van der Waals surface area contributed by atoms with Gasteiger partial charge in [0.15, 0.2) is 0 Å². The van der Waals surface area contributed by atoms with Gasteiger partial charge < -0.3 is 4.74 Å². The third kappa shape index (κ3) is 5.20. The molecule has 0 radical (unpaired) electrons. The summed E-state index contributed by atoms with van der Waals surface area (Å²) in [6, 6.07) is 5.66. The first kappa shape index (κ1) is 19.7. The number of hydrogen-bond donors (Lipinski definition) is 0. The number of thiophene rings is 1. The van der Waals surface area contributed by atoms with Crippen LogP contribution in [-0.2, 0) is 16.6 Å². The summed E-state index contributed by atoms with van der Waals surface area (Å²) in [6.07, 6.45) is -4.64. The number of ether oxygens (including phenoxy) is 1. The van der Waals surface area contributed by atoms with E-state index in [-0.39, 0.29) is 11.4 Å². The second kappa shape index (κ2) is 7.76. The van der Waals surface area contributed by atoms with Gasteiger partial charge >= 0.3 is 6.18 Å². The Balaban J connectivity index is 2.38. The third-order valence-corrected chi connectivity index (χ3v) is 5.90. The summed E-state index contributed by atoms with van der Waals surface area (Å²) in [5.74, 6) is 0.502. The van der Waals surface area contributed by atoms with Crippen molar-refractivity contribution in [3.05, 3.63) is 46.2 Å². The molecule has 0 aliphatic carbocycles. The molecule has 0 fully saturated rings. The molecule has 2 aromatic rings. The van der Waals surface area contributed by atoms with Crippen LogP contribution in [0.5, 0.6) is 5.75 Å². The molecule has 0 spiro atoms. The summed E-state index contributed by atoms with van der Waals surface area (Å²) >= 11 is 1.30. The largest absolute Gasteiger partial charge is 0.494 e. The minimum atomic E-state index is -4.64. The van der Waals surface area contributed by atoms with Crippen molar-refractivity contribution in [1.82, 2.24) is 4.31 Å². The summed E-state index contributed by atoms with van der Waals surface area (Å²) in [6.45, 7) is 1.97. The van der Waals surface area contributed by atoms with Gasteiger partial charge in [-0.15, -0.1) is 0 Å². The van der Waals surface area contributed by atoms with Crippen LogP contribution in [0.4, 0.5) is 13.2 Å². The summed E-state index contributed by atoms with van der Waals surface area (Å²) < 4.78 is 70.0. The van der Waals surface area contributed by atoms with Crippen molar-refractivity contribution in [3.63, 3.8) is 0 Å². The third-order valence-electron chi connectivity index (χ3n) is 3.38. The molecule has 0 atom stereocenters. The molecule has 0 aliphatic heterocycles. The van der Waals surface area contributed by atoms with Gasteiger partial charge in [-0.25, -0.2) is 8.42 Å². The van der Waals surface area contributed by atoms with Crippen LogP contribution in [0.2, 0.25) is 0 Å². The van der Waals surface area contributed by atoms with Crippen molar-refractivity contribution in [2.75, 3.05) is 13.2 Å². The first-order chi connectivity index (χ1) is 11.6. The van der Waals surface area contributed by atoms with Gasteiger partial charge in [-0.3, -0.25) is 0 Å². The van der Waals surface area contributed by atoms with Crippen molar-refractivity contribution in [1.29, 1.82) is 0 Å². The van der Waals surface area contributed by atoms with Gasteiger partial charge in [0.1, 0.15) is 12.3 Å². The van der Waals surface area contributed by atoms with Gasteiger partial charge in [0.2, 0.25) is 10.0 Å². The molecule has 1 heterocycles. The fraction of sp³-hybridized carbons (Fsp3) is 0.375. The van der Waals surface area contributed by atoms with Gasteiger partial charge in [-0.05, 0) is 60.0 Å². The highest BCUT2D eigenvalue weighted by Crippen LogP contribution is 2.28. The number of sulfonamides is 1. The lowest BCUT2D eigenvalue weighted by Gasteiger charge is -2.23. The van der Waals surface area contributed by atoms with E-state index >= 15 is 0 Å². The molecule has 0 saturated carbocycles. The lowest BCUT2D eigenvalue weighted by atomic mass is 10.2. The number of alkyl halides is 3. The fourth-order valence-corrected chi connectivity index (χ4v) is 4.42. The van der Waals surface area contributed by atoms with E-state index in [0.29, 0.717) is 27.8 Å². The molecule has 0 bridgehead atoms. The summed E-state index contributed by atoms with van der Waals surface area (Å²) in [4.78, 5) is -0.187. The molecule has 1 aromatic heterocycles. The van der Waals surface area contributed by atoms with Crippen LogP contribution in [0.15, 0.2) is 39.9 Å². The van der Waals surface area contributed by atoms with E-state index in [1.54, 1.807) is 30.7 Å². The smallest absolute Gasteiger partial charge is 0.402 e. The minimum absolute atomic E-state index is 0.187. The second-order valence-electron chi connectivity index (χ2n) is 5.38. The Hall–Kier alpha value is -1.58. The zero-order valence-electron chi connectivity index (χ0n) is 13.7. The maximum absolute atomic E-state index is 12.9. The summed E-state index contributed by atoms with van der Waals surface area (Å²) in [5.41, 5.74) is 1.06. The van der Waals surface area contributed by atoms with Crippen molar-refractivity contribution < 1.29 is 26.3 Å². The predicted molar refractivity (Wildman–Crippen MR) is 90.3 cm³/mol. The molecule has 138 valence electrons. The minimum Gasteiger partial charge on any atom is -0.494 e. The van der Waals surface area contributed by atoms with Crippen LogP contribution >= 0.6 is 11.3 Å². The van der Waals surface area contributed by atoms with Crippen LogP contribution in [0.25, 0.3) is 0 Å². The van der Waals surface area contributed by atoms with Gasteiger partial charge in [0.25, 0.3) is 0 Å². The van der Waals surface area contributed by atoms with Crippen LogP contribution < -0.4 is 4.74 Å². The molecule has 0 aliphatic rings. The van der Waals surface area contributed by atoms with Crippen LogP contribution in [0, 0.1) is 6.92 Å². The number of halogens is 3. The summed E-state index contributed by atoms with van der Waals surface area (Å²) in [5, 5.41) is 3.32. The van der Waals surface area contributed by atoms with E-state index in [9.17, 15) is 21.6 Å². The van der Waals surface area contributed by atoms with Crippen molar-refractivity contribution in [2.45, 2.75) is 31.5 Å². The SMILES string of the molecule is CCOc1ccc(S(=O)(=O)N(Cc2ccsc2)CC(F)(F)F)cc1C. The van der Waals surface area contributed by atoms with Gasteiger partial charge in [-0.1, -0.05) is 0 Å². The molecule has 0 N–H and O–H groups in total. The standard InChI is InChI=1S/C16H18F3NO3S2/c1-3-23-15-5-4-14(8-12(15)2)25(21,22)20(11-16(17,18)19)9-13-6-7-24-10-13/h4-8,10H,3,9,11H2,1-2H3. The average molecular weight is 393 g/mol. The van der Waals surface area contributed by atoms with Gasteiger partial charge in [0.05, 0.1) is 11.5 Å². The Morgan fingerprint density at radius 1 is 1.24 bits per heavy atom. The zero-order chi connectivity index (χ0) is 18.7. The maximum atomic E-state index is 12.9. The first-order valence-electron chi connectivity index (χ1n) is 7.45. The molecular formula is C16H18F3NO3S2. The van der Waals surface area contributed by atoms with Crippen molar-refractivity contribution in [3.8, 4) is 5.75 Å². The van der Waals surface area contributed by atoms with Crippen molar-refractivity contribution >= 4 is 21.4 Å². The maximum Gasteiger partial charge on any atom is 0.402 e. The average Bonchev–Trinajstić information content (AvgIpc) is 3.00. The Kier molecular flexibility index (Phi) is 6.12. The molecule has 0 amide bonds. The normalized spacial score (nSPS) is 12.6. The number of benzene rings is 1. The molecule has 4 nitrogen and oxygen atoms in total. The van der Waals surface area contributed by atoms with E-state index in [0.717, 1.165) is 0 Å². The Morgan fingerprint density at radius 2 is 1.96 bits per heavy atom. The highest BCUT2D eigenvalue weighted by molar-refractivity contribution is 7.89. The molecule has 25 heavy (non-hydrogen) atoms. The van der Waals surface area contributed by atoms with Crippen LogP contribution in [0.1, 0.15) is 18.1 Å². The van der Waals surface area contributed by atoms with Crippen LogP contribution in [-0.4, -0.2) is 32.1 Å². The number of hydrogen-bond acceptors (Lipinski definition) is 4. The Bertz CT molecular complexity index is 803. The molecule has 0 unspecified atom stereocenters. The van der Waals surface area contributed by atoms with E-state index in [4.69, 9.17) is 4.74 Å². The van der Waals surface area contributed by atoms with E-state index in [2.05, 4.69) is 0 Å². The highest BCUT2D eigenvalue weighted by Gasteiger charge is 2.37. The zero-order valence-corrected chi connectivity index (χ0v) is 15.3. The van der Waals surface area contributed by atoms with E-state index < -0.39 is 22.7 Å². The first-order valence-corrected chi connectivity index (χ1v) is 9.83. The number of nitrogens with zero attached hydrogens (tertiary/aromatic N) is 1. The molecule has 2 rings (SSSR count). The van der Waals surface area contributed by atoms with Gasteiger partial charge in [-0.2, -0.15) is 28.8 Å². The number of rotatable bonds is 7. The fourth-order valence-electron chi connectivity index (χ4n) is 2.26.